The molecule has 2 radical (unpaired) electrons. The van der Waals surface area contributed by atoms with Gasteiger partial charge in [-0.3, -0.25) is 0 Å². The predicted octanol–water partition coefficient (Wildman–Crippen LogP) is 15.7. The molecule has 0 nitrogen and oxygen atoms in total. The Bertz CT molecular complexity index is 2110. The van der Waals surface area contributed by atoms with E-state index >= 15 is 0 Å². The molecule has 0 aliphatic heterocycles. The first-order valence-electron chi connectivity index (χ1n) is 21.9. The zero-order valence-electron chi connectivity index (χ0n) is 41.0. The fraction of sp³-hybridized carbons (Fsp3) is 0.423. The third kappa shape index (κ3) is 13.8. The predicted molar refractivity (Wildman–Crippen MR) is 289 cm³/mol. The van der Waals surface area contributed by atoms with Crippen molar-refractivity contribution >= 4 is 101 Å². The van der Waals surface area contributed by atoms with Crippen molar-refractivity contribution in [3.8, 4) is 22.3 Å². The molecule has 0 N–H and O–H groups in total. The van der Waals surface area contributed by atoms with Gasteiger partial charge in [0.25, 0.3) is 0 Å². The first-order valence-corrected chi connectivity index (χ1v) is 44.2. The van der Waals surface area contributed by atoms with Gasteiger partial charge in [-0.05, 0) is 36.8 Å². The van der Waals surface area contributed by atoms with Crippen LogP contribution in [0.2, 0.25) is 91.7 Å². The summed E-state index contributed by atoms with van der Waals surface area (Å²) in [7, 11) is 5.42. The van der Waals surface area contributed by atoms with Gasteiger partial charge >= 0.3 is 37.9 Å². The molecule has 0 aromatic heterocycles. The second kappa shape index (κ2) is 21.6. The molecule has 0 atom stereocenters. The number of benzene rings is 4. The van der Waals surface area contributed by atoms with Crippen molar-refractivity contribution in [2.45, 2.75) is 145 Å². The Morgan fingerprint density at radius 3 is 0.933 bits per heavy atom. The summed E-state index contributed by atoms with van der Waals surface area (Å²) in [5.41, 5.74) is 11.4. The normalized spacial score (nSPS) is 12.1. The summed E-state index contributed by atoms with van der Waals surface area (Å²) in [5.74, 6) is 1.13. The molecule has 322 valence electrons. The van der Waals surface area contributed by atoms with Gasteiger partial charge in [-0.15, -0.1) is 69.1 Å². The van der Waals surface area contributed by atoms with Crippen LogP contribution in [-0.4, -0.2) is 41.8 Å². The van der Waals surface area contributed by atoms with Gasteiger partial charge in [-0.2, -0.15) is 12.1 Å². The average molecular weight is 1000 g/mol. The Morgan fingerprint density at radius 1 is 0.467 bits per heavy atom. The molecule has 0 aliphatic rings. The maximum atomic E-state index is 4.93. The van der Waals surface area contributed by atoms with E-state index in [2.05, 4.69) is 218 Å². The van der Waals surface area contributed by atoms with E-state index in [1.54, 1.807) is 20.7 Å². The van der Waals surface area contributed by atoms with E-state index in [1.165, 1.54) is 66.1 Å². The van der Waals surface area contributed by atoms with Gasteiger partial charge in [0.1, 0.15) is 0 Å². The Morgan fingerprint density at radius 2 is 0.717 bits per heavy atom. The minimum atomic E-state index is -1.38. The van der Waals surface area contributed by atoms with Crippen molar-refractivity contribution in [3.05, 3.63) is 107 Å². The molecule has 0 spiro atoms. The van der Waals surface area contributed by atoms with Crippen LogP contribution in [0.25, 0.3) is 43.8 Å². The molecule has 0 fully saturated rings. The van der Waals surface area contributed by atoms with Crippen molar-refractivity contribution in [2.75, 3.05) is 0 Å². The second-order valence-electron chi connectivity index (χ2n) is 21.6. The van der Waals surface area contributed by atoms with Crippen molar-refractivity contribution in [1.29, 1.82) is 0 Å². The number of rotatable bonds is 8. The van der Waals surface area contributed by atoms with E-state index in [0.717, 1.165) is 9.52 Å². The third-order valence-corrected chi connectivity index (χ3v) is 19.6. The second-order valence-corrected chi connectivity index (χ2v) is 46.6. The molecule has 0 unspecified atom stereocenters. The Kier molecular flexibility index (Phi) is 19.0. The van der Waals surface area contributed by atoms with Gasteiger partial charge in [-0.25, -0.2) is 0 Å². The zero-order valence-corrected chi connectivity index (χ0v) is 50.0. The van der Waals surface area contributed by atoms with Crippen LogP contribution in [-0.2, 0) is 20.8 Å². The van der Waals surface area contributed by atoms with Crippen LogP contribution < -0.4 is 20.7 Å². The molecule has 6 aromatic carbocycles. The molecule has 60 heavy (non-hydrogen) atoms. The molecular formula is C52H76Cl2Si5Zr. The quantitative estimate of drug-likeness (QED) is 0.105. The summed E-state index contributed by atoms with van der Waals surface area (Å²) in [6, 6.07) is 33.9. The molecule has 0 bridgehead atoms. The van der Waals surface area contributed by atoms with Crippen LogP contribution in [0.4, 0.5) is 0 Å². The molecular weight excluding hydrogens is 927 g/mol. The monoisotopic (exact) mass is 1000 g/mol. The van der Waals surface area contributed by atoms with Crippen molar-refractivity contribution < 1.29 is 20.8 Å². The van der Waals surface area contributed by atoms with Gasteiger partial charge < -0.3 is 0 Å². The fourth-order valence-corrected chi connectivity index (χ4v) is 12.5. The molecule has 0 amide bonds. The minimum absolute atomic E-state index is 0.566. The third-order valence-electron chi connectivity index (χ3n) is 11.5. The number of aryl methyl sites for hydroxylation is 2. The van der Waals surface area contributed by atoms with Gasteiger partial charge in [0.15, 0.2) is 0 Å². The molecule has 0 aliphatic carbocycles. The summed E-state index contributed by atoms with van der Waals surface area (Å²) in [6.45, 7) is 47.6. The average Bonchev–Trinajstić information content (AvgIpc) is 3.76. The molecule has 0 saturated carbocycles. The molecule has 0 heterocycles. The number of fused-ring (bicyclic) bond motifs is 2. The first kappa shape index (κ1) is 53.0. The maximum absolute atomic E-state index is 4.93. The summed E-state index contributed by atoms with van der Waals surface area (Å²) in [4.78, 5) is 0. The van der Waals surface area contributed by atoms with Crippen molar-refractivity contribution in [3.63, 3.8) is 0 Å². The first-order chi connectivity index (χ1) is 27.6. The molecule has 6 aromatic rings. The van der Waals surface area contributed by atoms with Crippen LogP contribution in [0.5, 0.6) is 0 Å². The Hall–Kier alpha value is -1.35. The van der Waals surface area contributed by atoms with Crippen molar-refractivity contribution in [2.24, 2.45) is 0 Å². The van der Waals surface area contributed by atoms with E-state index in [0.29, 0.717) is 11.8 Å². The van der Waals surface area contributed by atoms with Crippen LogP contribution >= 0.6 is 17.0 Å². The summed E-state index contributed by atoms with van der Waals surface area (Å²) < 4.78 is 0. The number of halogens is 2. The van der Waals surface area contributed by atoms with Crippen LogP contribution in [0.15, 0.2) is 84.9 Å². The van der Waals surface area contributed by atoms with Crippen LogP contribution in [0.1, 0.15) is 61.8 Å². The zero-order chi connectivity index (χ0) is 45.7. The number of hydrogen-bond acceptors (Lipinski definition) is 0. The Labute approximate surface area is 392 Å². The van der Waals surface area contributed by atoms with Crippen LogP contribution in [0.3, 0.4) is 0 Å². The standard InChI is InChI=1S/2C25H35Si2.C2H6Si.2ClH.Zr/c2*1-17(2)20-12-19-11-10-18(3)25(24(19)15-20)21-13-22(26(4,5)6)16-23(14-21)27(7,8)9;1-3-2;;;/h2*10-17H,1-9H3;1-2H3;2*1H;/q2*-1;;;;+4/p-2. The summed E-state index contributed by atoms with van der Waals surface area (Å²) in [6.07, 6.45) is 0. The van der Waals surface area contributed by atoms with E-state index in [1.807, 2.05) is 0 Å². The van der Waals surface area contributed by atoms with Gasteiger partial charge in [0, 0.05) is 9.52 Å². The Balaban J connectivity index is 0.000000283. The van der Waals surface area contributed by atoms with E-state index in [9.17, 15) is 0 Å². The summed E-state index contributed by atoms with van der Waals surface area (Å²) >= 11 is -0.826. The van der Waals surface area contributed by atoms with Crippen molar-refractivity contribution in [1.82, 2.24) is 0 Å². The van der Waals surface area contributed by atoms with Gasteiger partial charge in [-0.1, -0.05) is 199 Å². The molecule has 6 rings (SSSR count). The summed E-state index contributed by atoms with van der Waals surface area (Å²) in [5, 5.41) is 12.0. The molecule has 8 heteroatoms. The topological polar surface area (TPSA) is 0 Å². The van der Waals surface area contributed by atoms with Gasteiger partial charge in [0.05, 0.1) is 32.3 Å². The molecule has 0 saturated heterocycles. The SMILES string of the molecule is C[Si]C.Cc1ccc2[cH-]c(C(C)C)cc2c1-c1cc([Si](C)(C)C)cc([Si](C)(C)C)c1.Cc1ccc2[cH-]c(C(C)C)cc2c1-c1cc([Si](C)(C)C)cc([Si](C)(C)C)c1.[Cl][Zr+2][Cl]. The van der Waals surface area contributed by atoms with E-state index in [-0.39, 0.29) is 0 Å². The van der Waals surface area contributed by atoms with Crippen LogP contribution in [0, 0.1) is 13.8 Å². The van der Waals surface area contributed by atoms with E-state index < -0.39 is 53.1 Å². The van der Waals surface area contributed by atoms with E-state index in [4.69, 9.17) is 17.0 Å². The van der Waals surface area contributed by atoms with Gasteiger partial charge in [0.2, 0.25) is 0 Å². The number of hydrogen-bond donors (Lipinski definition) is 0. The fourth-order valence-electron chi connectivity index (χ4n) is 7.54.